The van der Waals surface area contributed by atoms with E-state index >= 15 is 0 Å². The van der Waals surface area contributed by atoms with Crippen LogP contribution in [0.4, 0.5) is 68.2 Å². The molecular weight excluding hydrogens is 643 g/mol. The molecule has 0 N–H and O–H groups in total. The van der Waals surface area contributed by atoms with Gasteiger partial charge in [-0.3, -0.25) is 0 Å². The highest BCUT2D eigenvalue weighted by Gasteiger charge is 2.50. The third-order valence-corrected chi connectivity index (χ3v) is 11.8. The number of anilines is 12. The van der Waals surface area contributed by atoms with Gasteiger partial charge in [0.25, 0.3) is 6.71 Å². The van der Waals surface area contributed by atoms with Crippen LogP contribution < -0.4 is 36.0 Å². The molecule has 0 fully saturated rings. The van der Waals surface area contributed by atoms with Crippen molar-refractivity contribution in [3.05, 3.63) is 161 Å². The van der Waals surface area contributed by atoms with Gasteiger partial charge in [0.05, 0.1) is 39.8 Å². The van der Waals surface area contributed by atoms with Gasteiger partial charge >= 0.3 is 0 Å². The molecular formula is C48H39BN4. The Labute approximate surface area is 312 Å². The van der Waals surface area contributed by atoms with Crippen LogP contribution in [0, 0.1) is 41.5 Å². The minimum atomic E-state index is 0.0635. The molecule has 0 aromatic heterocycles. The van der Waals surface area contributed by atoms with E-state index < -0.39 is 0 Å². The lowest BCUT2D eigenvalue weighted by molar-refractivity contribution is 1.11. The highest BCUT2D eigenvalue weighted by atomic mass is 15.3. The maximum atomic E-state index is 2.59. The number of fused-ring (bicyclic) bond motifs is 10. The third-order valence-electron chi connectivity index (χ3n) is 11.8. The standard InChI is InChI=1S/C48H39BN4/c1-28-7-15-34(16-8-28)50-38-19-11-30(3)23-36(38)49-37-24-31(4)12-20-39(37)52-41-22-14-33(6)26-43(41)53-42-25-32(5)13-21-40(42)51(35-17-9-29(2)10-18-35)45-27-44(50)46(49)48(52)47(45)53/h7-27H,1-6H3. The predicted molar refractivity (Wildman–Crippen MR) is 225 cm³/mol. The van der Waals surface area contributed by atoms with Crippen LogP contribution in [-0.4, -0.2) is 6.71 Å². The van der Waals surface area contributed by atoms with Gasteiger partial charge in [0.1, 0.15) is 0 Å². The third kappa shape index (κ3) is 4.13. The highest BCUT2D eigenvalue weighted by Crippen LogP contribution is 2.65. The molecule has 0 spiro atoms. The van der Waals surface area contributed by atoms with Crippen molar-refractivity contribution in [2.24, 2.45) is 0 Å². The fraction of sp³-hybridized carbons (Fsp3) is 0.125. The van der Waals surface area contributed by atoms with E-state index in [9.17, 15) is 0 Å². The number of benzene rings is 7. The summed E-state index contributed by atoms with van der Waals surface area (Å²) in [5.74, 6) is 0. The van der Waals surface area contributed by atoms with Crippen LogP contribution in [0.1, 0.15) is 33.4 Å². The van der Waals surface area contributed by atoms with E-state index in [2.05, 4.69) is 189 Å². The number of hydrogen-bond donors (Lipinski definition) is 0. The zero-order chi connectivity index (χ0) is 35.9. The molecule has 0 aliphatic carbocycles. The molecule has 4 aliphatic heterocycles. The molecule has 0 saturated heterocycles. The summed E-state index contributed by atoms with van der Waals surface area (Å²) in [6.07, 6.45) is 0. The molecule has 7 aromatic carbocycles. The van der Waals surface area contributed by atoms with Crippen molar-refractivity contribution in [1.82, 2.24) is 0 Å². The van der Waals surface area contributed by atoms with Gasteiger partial charge in [-0.1, -0.05) is 82.9 Å². The monoisotopic (exact) mass is 682 g/mol. The van der Waals surface area contributed by atoms with E-state index in [-0.39, 0.29) is 6.71 Å². The Hall–Kier alpha value is -6.20. The molecule has 5 heteroatoms. The van der Waals surface area contributed by atoms with Gasteiger partial charge in [0.15, 0.2) is 0 Å². The first kappa shape index (κ1) is 30.4. The molecule has 11 rings (SSSR count). The minimum Gasteiger partial charge on any atom is -0.311 e. The van der Waals surface area contributed by atoms with Gasteiger partial charge < -0.3 is 19.6 Å². The van der Waals surface area contributed by atoms with Crippen LogP contribution in [0.15, 0.2) is 127 Å². The molecule has 0 amide bonds. The number of aryl methyl sites for hydroxylation is 6. The zero-order valence-electron chi connectivity index (χ0n) is 31.0. The van der Waals surface area contributed by atoms with Gasteiger partial charge in [-0.15, -0.1) is 0 Å². The van der Waals surface area contributed by atoms with Crippen LogP contribution in [0.25, 0.3) is 0 Å². The molecule has 0 atom stereocenters. The normalized spacial score (nSPS) is 14.0. The van der Waals surface area contributed by atoms with E-state index in [1.807, 2.05) is 0 Å². The quantitative estimate of drug-likeness (QED) is 0.168. The molecule has 4 heterocycles. The molecule has 0 unspecified atom stereocenters. The van der Waals surface area contributed by atoms with E-state index in [1.54, 1.807) is 0 Å². The summed E-state index contributed by atoms with van der Waals surface area (Å²) in [6, 6.07) is 48.7. The van der Waals surface area contributed by atoms with Crippen LogP contribution in [-0.2, 0) is 0 Å². The van der Waals surface area contributed by atoms with Gasteiger partial charge in [0.2, 0.25) is 0 Å². The Kier molecular flexibility index (Phi) is 6.13. The molecule has 4 aliphatic rings. The second-order valence-electron chi connectivity index (χ2n) is 15.6. The Balaban J connectivity index is 1.34. The molecule has 53 heavy (non-hydrogen) atoms. The second kappa shape index (κ2) is 10.7. The summed E-state index contributed by atoms with van der Waals surface area (Å²) in [6.45, 7) is 13.3. The molecule has 0 bridgehead atoms. The number of rotatable bonds is 2. The topological polar surface area (TPSA) is 13.0 Å². The van der Waals surface area contributed by atoms with Crippen molar-refractivity contribution in [1.29, 1.82) is 0 Å². The van der Waals surface area contributed by atoms with Crippen LogP contribution >= 0.6 is 0 Å². The zero-order valence-corrected chi connectivity index (χ0v) is 31.0. The summed E-state index contributed by atoms with van der Waals surface area (Å²) in [5.41, 5.74) is 26.1. The minimum absolute atomic E-state index is 0.0635. The van der Waals surface area contributed by atoms with Crippen molar-refractivity contribution >= 4 is 91.3 Å². The lowest BCUT2D eigenvalue weighted by Gasteiger charge is -2.52. The van der Waals surface area contributed by atoms with Crippen molar-refractivity contribution in [3.8, 4) is 0 Å². The first-order chi connectivity index (χ1) is 25.7. The maximum absolute atomic E-state index is 2.59. The first-order valence-corrected chi connectivity index (χ1v) is 18.7. The Morgan fingerprint density at radius 2 is 0.698 bits per heavy atom. The van der Waals surface area contributed by atoms with E-state index in [4.69, 9.17) is 0 Å². The molecule has 4 nitrogen and oxygen atoms in total. The summed E-state index contributed by atoms with van der Waals surface area (Å²) >= 11 is 0. The SMILES string of the molecule is Cc1ccc(N2c3ccc(C)cc3B3c4cc(C)ccc4N4c5ccc(C)cc5N5c6cc(C)ccc6N(c6ccc(C)cc6)c6cc2c3c4c65)cc1. The molecule has 0 saturated carbocycles. The van der Waals surface area contributed by atoms with E-state index in [0.29, 0.717) is 0 Å². The fourth-order valence-corrected chi connectivity index (χ4v) is 9.38. The predicted octanol–water partition coefficient (Wildman–Crippen LogP) is 11.2. The van der Waals surface area contributed by atoms with Gasteiger partial charge in [0, 0.05) is 28.4 Å². The maximum Gasteiger partial charge on any atom is 0.252 e. The summed E-state index contributed by atoms with van der Waals surface area (Å²) in [5, 5.41) is 0. The van der Waals surface area contributed by atoms with Crippen LogP contribution in [0.3, 0.4) is 0 Å². The fourth-order valence-electron chi connectivity index (χ4n) is 9.38. The van der Waals surface area contributed by atoms with Gasteiger partial charge in [-0.2, -0.15) is 0 Å². The van der Waals surface area contributed by atoms with Gasteiger partial charge in [-0.05, 0) is 136 Å². The average molecular weight is 683 g/mol. The largest absolute Gasteiger partial charge is 0.311 e. The molecule has 7 aromatic rings. The average Bonchev–Trinajstić information content (AvgIpc) is 3.15. The van der Waals surface area contributed by atoms with Gasteiger partial charge in [-0.25, -0.2) is 0 Å². The van der Waals surface area contributed by atoms with Crippen molar-refractivity contribution in [2.75, 3.05) is 19.6 Å². The Morgan fingerprint density at radius 1 is 0.302 bits per heavy atom. The number of nitrogens with zero attached hydrogens (tertiary/aromatic N) is 4. The van der Waals surface area contributed by atoms with Crippen molar-refractivity contribution < 1.29 is 0 Å². The summed E-state index contributed by atoms with van der Waals surface area (Å²) in [4.78, 5) is 10.2. The van der Waals surface area contributed by atoms with E-state index in [0.717, 1.165) is 5.69 Å². The molecule has 254 valence electrons. The lowest BCUT2D eigenvalue weighted by atomic mass is 9.33. The van der Waals surface area contributed by atoms with Crippen LogP contribution in [0.2, 0.25) is 0 Å². The Bertz CT molecular complexity index is 2500. The first-order valence-electron chi connectivity index (χ1n) is 18.7. The van der Waals surface area contributed by atoms with E-state index in [1.165, 1.54) is 112 Å². The van der Waals surface area contributed by atoms with Crippen LogP contribution in [0.5, 0.6) is 0 Å². The highest BCUT2D eigenvalue weighted by molar-refractivity contribution is 7.00. The summed E-state index contributed by atoms with van der Waals surface area (Å²) in [7, 11) is 0. The second-order valence-corrected chi connectivity index (χ2v) is 15.6. The lowest BCUT2D eigenvalue weighted by Crippen LogP contribution is -2.62. The van der Waals surface area contributed by atoms with Crippen molar-refractivity contribution in [3.63, 3.8) is 0 Å². The smallest absolute Gasteiger partial charge is 0.252 e. The summed E-state index contributed by atoms with van der Waals surface area (Å²) < 4.78 is 0. The van der Waals surface area contributed by atoms with Crippen molar-refractivity contribution in [2.45, 2.75) is 41.5 Å². The number of hydrogen-bond acceptors (Lipinski definition) is 4. The Morgan fingerprint density at radius 3 is 1.23 bits per heavy atom. The molecule has 0 radical (unpaired) electrons.